The first kappa shape index (κ1) is 18.0. The van der Waals surface area contributed by atoms with Crippen molar-refractivity contribution in [1.29, 1.82) is 5.41 Å². The summed E-state index contributed by atoms with van der Waals surface area (Å²) in [7, 11) is -7.75. The van der Waals surface area contributed by atoms with Gasteiger partial charge in [0.1, 0.15) is 0 Å². The monoisotopic (exact) mass is 314 g/mol. The van der Waals surface area contributed by atoms with Crippen LogP contribution in [0.3, 0.4) is 0 Å². The molecule has 0 aromatic rings. The van der Waals surface area contributed by atoms with Crippen molar-refractivity contribution in [3.63, 3.8) is 0 Å². The van der Waals surface area contributed by atoms with E-state index < -0.39 is 42.7 Å². The van der Waals surface area contributed by atoms with E-state index in [0.29, 0.717) is 0 Å². The Hall–Kier alpha value is -1.00. The van der Waals surface area contributed by atoms with E-state index >= 15 is 0 Å². The Morgan fingerprint density at radius 3 is 1.95 bits per heavy atom. The Kier molecular flexibility index (Phi) is 6.10. The Balaban J connectivity index is 4.73. The van der Waals surface area contributed by atoms with Gasteiger partial charge in [-0.3, -0.25) is 10.2 Å². The summed E-state index contributed by atoms with van der Waals surface area (Å²) in [5, 5.41) is 18.7. The van der Waals surface area contributed by atoms with Gasteiger partial charge >= 0.3 is 0 Å². The predicted molar refractivity (Wildman–Crippen MR) is 70.5 cm³/mol. The van der Waals surface area contributed by atoms with Gasteiger partial charge in [-0.1, -0.05) is 0 Å². The molecule has 19 heavy (non-hydrogen) atoms. The van der Waals surface area contributed by atoms with Crippen molar-refractivity contribution < 1.29 is 26.7 Å². The zero-order chi connectivity index (χ0) is 15.4. The minimum Gasteiger partial charge on any atom is -0.391 e. The largest absolute Gasteiger partial charge is 0.391 e. The molecule has 0 aliphatic heterocycles. The molecule has 0 bridgehead atoms. The zero-order valence-electron chi connectivity index (χ0n) is 10.9. The summed E-state index contributed by atoms with van der Waals surface area (Å²) in [6.07, 6.45) is -0.329. The molecule has 10 heteroatoms. The fourth-order valence-corrected chi connectivity index (χ4v) is 5.00. The average Bonchev–Trinajstić information content (AvgIpc) is 2.18. The van der Waals surface area contributed by atoms with E-state index in [-0.39, 0.29) is 12.3 Å². The maximum Gasteiger partial charge on any atom is 0.264 e. The molecule has 0 heterocycles. The number of aliphatic hydroxyl groups excluding tert-OH is 1. The molecule has 112 valence electrons. The van der Waals surface area contributed by atoms with Crippen LogP contribution in [0.25, 0.3) is 0 Å². The van der Waals surface area contributed by atoms with Gasteiger partial charge in [-0.25, -0.2) is 16.8 Å². The molecule has 0 aromatic carbocycles. The minimum absolute atomic E-state index is 0.269. The second-order valence-electron chi connectivity index (χ2n) is 4.31. The lowest BCUT2D eigenvalue weighted by Crippen LogP contribution is -2.39. The molecule has 0 aliphatic carbocycles. The van der Waals surface area contributed by atoms with Crippen LogP contribution in [-0.4, -0.2) is 63.3 Å². The average molecular weight is 314 g/mol. The van der Waals surface area contributed by atoms with E-state index in [9.17, 15) is 26.7 Å². The van der Waals surface area contributed by atoms with Crippen LogP contribution in [0, 0.1) is 5.41 Å². The fraction of sp³-hybridized carbons (Fsp3) is 0.778. The molecular formula is C9H18N2O6S2. The summed E-state index contributed by atoms with van der Waals surface area (Å²) in [6.45, 7) is 0.925. The first-order chi connectivity index (χ1) is 8.35. The van der Waals surface area contributed by atoms with Gasteiger partial charge in [0.25, 0.3) is 5.91 Å². The van der Waals surface area contributed by atoms with Gasteiger partial charge in [-0.2, -0.15) is 0 Å². The molecule has 1 unspecified atom stereocenters. The van der Waals surface area contributed by atoms with Crippen molar-refractivity contribution in [3.05, 3.63) is 0 Å². The highest BCUT2D eigenvalue weighted by atomic mass is 32.3. The van der Waals surface area contributed by atoms with Crippen LogP contribution in [0.15, 0.2) is 0 Å². The molecule has 8 nitrogen and oxygen atoms in total. The van der Waals surface area contributed by atoms with Gasteiger partial charge < -0.3 is 10.4 Å². The number of nitrogens with one attached hydrogen (secondary N) is 2. The topological polar surface area (TPSA) is 141 Å². The molecule has 0 radical (unpaired) electrons. The molecule has 0 aliphatic rings. The molecule has 0 rings (SSSR count). The van der Waals surface area contributed by atoms with Gasteiger partial charge in [-0.15, -0.1) is 0 Å². The lowest BCUT2D eigenvalue weighted by molar-refractivity contribution is -0.115. The summed E-state index contributed by atoms with van der Waals surface area (Å²) >= 11 is 0. The molecule has 1 atom stereocenters. The number of hydrogen-bond acceptors (Lipinski definition) is 7. The third-order valence-corrected chi connectivity index (χ3v) is 6.65. The second-order valence-corrected chi connectivity index (χ2v) is 9.07. The molecule has 0 spiro atoms. The molecule has 1 amide bonds. The lowest BCUT2D eigenvalue weighted by atomic mass is 10.2. The molecule has 0 aromatic heterocycles. The van der Waals surface area contributed by atoms with Crippen LogP contribution in [0.1, 0.15) is 13.3 Å². The summed E-state index contributed by atoms with van der Waals surface area (Å²) in [6, 6.07) is 0. The Bertz CT molecular complexity index is 519. The summed E-state index contributed by atoms with van der Waals surface area (Å²) < 4.78 is 43.7. The molecule has 0 saturated carbocycles. The molecule has 0 saturated heterocycles. The Labute approximate surface area is 112 Å². The van der Waals surface area contributed by atoms with Gasteiger partial charge in [0.2, 0.25) is 0 Å². The van der Waals surface area contributed by atoms with Crippen molar-refractivity contribution in [2.45, 2.75) is 24.0 Å². The third-order valence-electron chi connectivity index (χ3n) is 2.26. The van der Waals surface area contributed by atoms with E-state index in [1.165, 1.54) is 6.92 Å². The number of rotatable bonds is 7. The molecule has 0 fully saturated rings. The van der Waals surface area contributed by atoms with Crippen LogP contribution >= 0.6 is 0 Å². The summed E-state index contributed by atoms with van der Waals surface area (Å²) in [5.41, 5.74) is -0.269. The number of carbonyl (C=O) groups is 1. The SMILES string of the molecule is CC(=N)C(=O)NCC(O)CC(S(C)(=O)=O)S(C)(=O)=O. The fourth-order valence-electron chi connectivity index (χ4n) is 1.32. The van der Waals surface area contributed by atoms with E-state index in [2.05, 4.69) is 5.32 Å². The van der Waals surface area contributed by atoms with Gasteiger partial charge in [0.05, 0.1) is 11.8 Å². The lowest BCUT2D eigenvalue weighted by Gasteiger charge is -2.17. The van der Waals surface area contributed by atoms with E-state index in [1.54, 1.807) is 0 Å². The first-order valence-corrected chi connectivity index (χ1v) is 9.15. The summed E-state index contributed by atoms with van der Waals surface area (Å²) in [5.74, 6) is -0.714. The van der Waals surface area contributed by atoms with E-state index in [1.807, 2.05) is 0 Å². The van der Waals surface area contributed by atoms with E-state index in [4.69, 9.17) is 5.41 Å². The number of aliphatic hydroxyl groups is 1. The van der Waals surface area contributed by atoms with Gasteiger partial charge in [0, 0.05) is 25.5 Å². The van der Waals surface area contributed by atoms with Crippen LogP contribution < -0.4 is 5.32 Å². The molecular weight excluding hydrogens is 296 g/mol. The standard InChI is InChI=1S/C9H18N2O6S2/c1-6(10)9(13)11-5-7(12)4-8(18(2,14)15)19(3,16)17/h7-8,10,12H,4-5H2,1-3H3,(H,11,13). The predicted octanol–water partition coefficient (Wildman–Crippen LogP) is -1.69. The van der Waals surface area contributed by atoms with Crippen LogP contribution in [0.4, 0.5) is 0 Å². The summed E-state index contributed by atoms with van der Waals surface area (Å²) in [4.78, 5) is 11.0. The highest BCUT2D eigenvalue weighted by molar-refractivity contribution is 8.08. The van der Waals surface area contributed by atoms with Crippen LogP contribution in [-0.2, 0) is 24.5 Å². The minimum atomic E-state index is -3.88. The van der Waals surface area contributed by atoms with Crippen molar-refractivity contribution in [2.75, 3.05) is 19.1 Å². The maximum atomic E-state index is 11.3. The highest BCUT2D eigenvalue weighted by Gasteiger charge is 2.33. The van der Waals surface area contributed by atoms with Gasteiger partial charge in [-0.05, 0) is 6.92 Å². The van der Waals surface area contributed by atoms with Gasteiger partial charge in [0.15, 0.2) is 24.3 Å². The quantitative estimate of drug-likeness (QED) is 0.479. The number of hydrogen-bond donors (Lipinski definition) is 3. The molecule has 3 N–H and O–H groups in total. The normalized spacial score (nSPS) is 14.2. The van der Waals surface area contributed by atoms with Crippen LogP contribution in [0.2, 0.25) is 0 Å². The number of sulfone groups is 2. The van der Waals surface area contributed by atoms with Crippen molar-refractivity contribution in [2.24, 2.45) is 0 Å². The Morgan fingerprint density at radius 2 is 1.63 bits per heavy atom. The first-order valence-electron chi connectivity index (χ1n) is 5.25. The van der Waals surface area contributed by atoms with Crippen molar-refractivity contribution >= 4 is 31.3 Å². The zero-order valence-corrected chi connectivity index (χ0v) is 12.5. The second kappa shape index (κ2) is 6.44. The third kappa shape index (κ3) is 6.64. The van der Waals surface area contributed by atoms with Crippen molar-refractivity contribution in [1.82, 2.24) is 5.32 Å². The smallest absolute Gasteiger partial charge is 0.264 e. The Morgan fingerprint density at radius 1 is 1.21 bits per heavy atom. The number of carbonyl (C=O) groups excluding carboxylic acids is 1. The maximum absolute atomic E-state index is 11.3. The highest BCUT2D eigenvalue weighted by Crippen LogP contribution is 2.14. The van der Waals surface area contributed by atoms with E-state index in [0.717, 1.165) is 12.5 Å². The van der Waals surface area contributed by atoms with Crippen molar-refractivity contribution in [3.8, 4) is 0 Å². The number of amides is 1. The van der Waals surface area contributed by atoms with Crippen LogP contribution in [0.5, 0.6) is 0 Å².